The van der Waals surface area contributed by atoms with Gasteiger partial charge in [-0.15, -0.1) is 0 Å². The second kappa shape index (κ2) is 10.5. The van der Waals surface area contributed by atoms with E-state index in [1.165, 1.54) is 0 Å². The summed E-state index contributed by atoms with van der Waals surface area (Å²) in [4.78, 5) is 29.4. The Bertz CT molecular complexity index is 722. The number of rotatable bonds is 6. The Morgan fingerprint density at radius 3 is 2.26 bits per heavy atom. The highest BCUT2D eigenvalue weighted by molar-refractivity contribution is 5.79. The minimum atomic E-state index is -0.141. The normalized spacial score (nSPS) is 23.4. The molecule has 2 atom stereocenters. The van der Waals surface area contributed by atoms with Gasteiger partial charge in [-0.25, -0.2) is 4.79 Å². The number of urea groups is 1. The minimum absolute atomic E-state index is 0.0273. The van der Waals surface area contributed by atoms with Gasteiger partial charge < -0.3 is 20.3 Å². The Kier molecular flexibility index (Phi) is 7.94. The quantitative estimate of drug-likeness (QED) is 0.728. The first kappa shape index (κ1) is 23.5. The van der Waals surface area contributed by atoms with Gasteiger partial charge in [0.25, 0.3) is 0 Å². The van der Waals surface area contributed by atoms with Crippen LogP contribution in [0.1, 0.15) is 46.1 Å². The van der Waals surface area contributed by atoms with Crippen molar-refractivity contribution in [3.05, 3.63) is 35.9 Å². The molecule has 2 unspecified atom stereocenters. The molecule has 3 amide bonds. The number of piperidine rings is 1. The maximum Gasteiger partial charge on any atom is 0.317 e. The molecule has 172 valence electrons. The van der Waals surface area contributed by atoms with Crippen molar-refractivity contribution in [1.82, 2.24) is 20.4 Å². The molecular weight excluding hydrogens is 392 g/mol. The van der Waals surface area contributed by atoms with Crippen LogP contribution in [0.5, 0.6) is 0 Å². The van der Waals surface area contributed by atoms with Gasteiger partial charge in [-0.3, -0.25) is 9.69 Å². The van der Waals surface area contributed by atoms with Crippen molar-refractivity contribution < 1.29 is 14.3 Å². The van der Waals surface area contributed by atoms with E-state index in [4.69, 9.17) is 4.74 Å². The Morgan fingerprint density at radius 1 is 1.03 bits per heavy atom. The average Bonchev–Trinajstić information content (AvgIpc) is 2.76. The van der Waals surface area contributed by atoms with Crippen molar-refractivity contribution in [3.63, 3.8) is 0 Å². The second-order valence-corrected chi connectivity index (χ2v) is 9.60. The fraction of sp³-hybridized carbons (Fsp3) is 0.667. The summed E-state index contributed by atoms with van der Waals surface area (Å²) in [5.74, 6) is 0.0566. The summed E-state index contributed by atoms with van der Waals surface area (Å²) in [7, 11) is 0. The van der Waals surface area contributed by atoms with E-state index in [-0.39, 0.29) is 35.6 Å². The van der Waals surface area contributed by atoms with E-state index < -0.39 is 0 Å². The number of nitrogens with one attached hydrogen (secondary N) is 2. The molecule has 2 aliphatic rings. The van der Waals surface area contributed by atoms with E-state index in [0.717, 1.165) is 18.7 Å². The number of hydrogen-bond acceptors (Lipinski definition) is 4. The molecule has 31 heavy (non-hydrogen) atoms. The molecule has 0 bridgehead atoms. The van der Waals surface area contributed by atoms with Crippen molar-refractivity contribution >= 4 is 11.9 Å². The first-order valence-electron chi connectivity index (χ1n) is 11.5. The SMILES string of the molecule is CC1CN(C(C)(C)CNC(=O)N2CCC(C(=O)NCc3ccccc3)CC2)CC(C)O1. The lowest BCUT2D eigenvalue weighted by Gasteiger charge is -2.45. The largest absolute Gasteiger partial charge is 0.373 e. The first-order chi connectivity index (χ1) is 14.7. The van der Waals surface area contributed by atoms with E-state index in [1.54, 1.807) is 0 Å². The number of morpholine rings is 1. The number of nitrogens with zero attached hydrogens (tertiary/aromatic N) is 2. The molecule has 0 spiro atoms. The predicted molar refractivity (Wildman–Crippen MR) is 122 cm³/mol. The predicted octanol–water partition coefficient (Wildman–Crippen LogP) is 2.61. The number of hydrogen-bond donors (Lipinski definition) is 2. The highest BCUT2D eigenvalue weighted by Gasteiger charge is 2.34. The number of carbonyl (C=O) groups excluding carboxylic acids is 2. The topological polar surface area (TPSA) is 73.9 Å². The summed E-state index contributed by atoms with van der Waals surface area (Å²) in [6.45, 7) is 12.6. The molecule has 3 rings (SSSR count). The van der Waals surface area contributed by atoms with Crippen molar-refractivity contribution in [2.75, 3.05) is 32.7 Å². The number of benzene rings is 1. The van der Waals surface area contributed by atoms with E-state index in [2.05, 4.69) is 43.2 Å². The average molecular weight is 431 g/mol. The van der Waals surface area contributed by atoms with Gasteiger partial charge in [0.1, 0.15) is 0 Å². The van der Waals surface area contributed by atoms with Crippen LogP contribution in [-0.4, -0.2) is 72.2 Å². The highest BCUT2D eigenvalue weighted by Crippen LogP contribution is 2.21. The third-order valence-corrected chi connectivity index (χ3v) is 6.41. The molecular formula is C24H38N4O3. The summed E-state index contributed by atoms with van der Waals surface area (Å²) in [5.41, 5.74) is 0.955. The molecule has 0 saturated carbocycles. The molecule has 2 saturated heterocycles. The maximum atomic E-state index is 12.7. The zero-order chi connectivity index (χ0) is 22.4. The number of likely N-dealkylation sites (tertiary alicyclic amines) is 1. The van der Waals surface area contributed by atoms with Crippen molar-refractivity contribution in [2.24, 2.45) is 5.92 Å². The van der Waals surface area contributed by atoms with Crippen LogP contribution in [0.15, 0.2) is 30.3 Å². The third-order valence-electron chi connectivity index (χ3n) is 6.41. The molecule has 2 N–H and O–H groups in total. The van der Waals surface area contributed by atoms with Gasteiger partial charge in [0.05, 0.1) is 12.2 Å². The zero-order valence-electron chi connectivity index (χ0n) is 19.4. The molecule has 0 aromatic heterocycles. The van der Waals surface area contributed by atoms with E-state index in [1.807, 2.05) is 35.2 Å². The van der Waals surface area contributed by atoms with Gasteiger partial charge in [-0.2, -0.15) is 0 Å². The number of ether oxygens (including phenoxy) is 1. The Balaban J connectivity index is 1.40. The van der Waals surface area contributed by atoms with Crippen LogP contribution < -0.4 is 10.6 Å². The summed E-state index contributed by atoms with van der Waals surface area (Å²) in [6, 6.07) is 9.89. The van der Waals surface area contributed by atoms with Crippen molar-refractivity contribution in [2.45, 2.75) is 64.8 Å². The molecule has 2 fully saturated rings. The summed E-state index contributed by atoms with van der Waals surface area (Å²) >= 11 is 0. The van der Waals surface area contributed by atoms with Gasteiger partial charge in [0.15, 0.2) is 0 Å². The van der Waals surface area contributed by atoms with Gasteiger partial charge in [0, 0.05) is 50.7 Å². The van der Waals surface area contributed by atoms with Crippen LogP contribution in [0.4, 0.5) is 4.79 Å². The van der Waals surface area contributed by atoms with E-state index >= 15 is 0 Å². The molecule has 7 nitrogen and oxygen atoms in total. The van der Waals surface area contributed by atoms with Gasteiger partial charge in [-0.05, 0) is 46.1 Å². The summed E-state index contributed by atoms with van der Waals surface area (Å²) in [6.07, 6.45) is 1.81. The smallest absolute Gasteiger partial charge is 0.317 e. The molecule has 1 aromatic rings. The van der Waals surface area contributed by atoms with Crippen molar-refractivity contribution in [3.8, 4) is 0 Å². The lowest BCUT2D eigenvalue weighted by Crippen LogP contribution is -2.59. The van der Waals surface area contributed by atoms with Crippen LogP contribution >= 0.6 is 0 Å². The third kappa shape index (κ3) is 6.68. The standard InChI is InChI=1S/C24H38N4O3/c1-18-15-28(16-19(2)31-18)24(3,4)17-26-23(30)27-12-10-21(11-13-27)22(29)25-14-20-8-6-5-7-9-20/h5-9,18-19,21H,10-17H2,1-4H3,(H,25,29)(H,26,30). The fourth-order valence-electron chi connectivity index (χ4n) is 4.46. The molecule has 7 heteroatoms. The van der Waals surface area contributed by atoms with Gasteiger partial charge >= 0.3 is 6.03 Å². The Labute approximate surface area is 186 Å². The number of amides is 3. The van der Waals surface area contributed by atoms with E-state index in [0.29, 0.717) is 39.0 Å². The molecule has 0 radical (unpaired) electrons. The molecule has 0 aliphatic carbocycles. The molecule has 1 aromatic carbocycles. The minimum Gasteiger partial charge on any atom is -0.373 e. The van der Waals surface area contributed by atoms with Crippen LogP contribution in [0.3, 0.4) is 0 Å². The van der Waals surface area contributed by atoms with Crippen LogP contribution in [-0.2, 0) is 16.1 Å². The first-order valence-corrected chi connectivity index (χ1v) is 11.5. The maximum absolute atomic E-state index is 12.7. The second-order valence-electron chi connectivity index (χ2n) is 9.60. The summed E-state index contributed by atoms with van der Waals surface area (Å²) < 4.78 is 5.83. The van der Waals surface area contributed by atoms with Gasteiger partial charge in [0.2, 0.25) is 5.91 Å². The lowest BCUT2D eigenvalue weighted by atomic mass is 9.96. The monoisotopic (exact) mass is 430 g/mol. The molecule has 2 heterocycles. The Morgan fingerprint density at radius 2 is 1.65 bits per heavy atom. The highest BCUT2D eigenvalue weighted by atomic mass is 16.5. The zero-order valence-corrected chi connectivity index (χ0v) is 19.4. The van der Waals surface area contributed by atoms with Crippen LogP contribution in [0.25, 0.3) is 0 Å². The van der Waals surface area contributed by atoms with Crippen LogP contribution in [0, 0.1) is 5.92 Å². The number of carbonyl (C=O) groups is 2. The van der Waals surface area contributed by atoms with Crippen LogP contribution in [0.2, 0.25) is 0 Å². The Hall–Kier alpha value is -2.12. The van der Waals surface area contributed by atoms with Gasteiger partial charge in [-0.1, -0.05) is 30.3 Å². The molecule has 2 aliphatic heterocycles. The fourth-order valence-corrected chi connectivity index (χ4v) is 4.46. The van der Waals surface area contributed by atoms with Crippen molar-refractivity contribution in [1.29, 1.82) is 0 Å². The summed E-state index contributed by atoms with van der Waals surface area (Å²) in [5, 5.41) is 6.14. The van der Waals surface area contributed by atoms with E-state index in [9.17, 15) is 9.59 Å². The lowest BCUT2D eigenvalue weighted by molar-refractivity contribution is -0.126.